The number of amides is 1. The molecule has 1 aliphatic rings. The van der Waals surface area contributed by atoms with E-state index in [9.17, 15) is 26.4 Å². The summed E-state index contributed by atoms with van der Waals surface area (Å²) < 4.78 is 68.2. The normalized spacial score (nSPS) is 21.0. The molecule has 1 amide bonds. The van der Waals surface area contributed by atoms with E-state index < -0.39 is 33.3 Å². The molecule has 0 aliphatic heterocycles. The maximum absolute atomic E-state index is 12.8. The molecule has 6 nitrogen and oxygen atoms in total. The van der Waals surface area contributed by atoms with Crippen molar-refractivity contribution in [1.82, 2.24) is 5.32 Å². The topological polar surface area (TPSA) is 96.3 Å². The van der Waals surface area contributed by atoms with E-state index in [1.807, 2.05) is 0 Å². The third-order valence-electron chi connectivity index (χ3n) is 4.52. The van der Waals surface area contributed by atoms with Crippen molar-refractivity contribution in [2.24, 2.45) is 5.92 Å². The minimum atomic E-state index is -4.57. The fraction of sp³-hybridized carbons (Fsp3) is 0.529. The zero-order chi connectivity index (χ0) is 21.1. The lowest BCUT2D eigenvalue weighted by Gasteiger charge is -2.19. The Bertz CT molecular complexity index is 883. The molecule has 0 saturated heterocycles. The Morgan fingerprint density at radius 3 is 2.68 bits per heavy atom. The summed E-state index contributed by atoms with van der Waals surface area (Å²) in [7, 11) is -3.88. The first-order valence-electron chi connectivity index (χ1n) is 8.38. The number of carbonyl (C=O) groups excluding carboxylic acids is 1. The van der Waals surface area contributed by atoms with Crippen LogP contribution in [-0.2, 0) is 14.6 Å². The summed E-state index contributed by atoms with van der Waals surface area (Å²) in [5.41, 5.74) is 0. The Kier molecular flexibility index (Phi) is 6.83. The van der Waals surface area contributed by atoms with Crippen molar-refractivity contribution >= 4 is 27.3 Å². The van der Waals surface area contributed by atoms with Gasteiger partial charge in [-0.15, -0.1) is 0 Å². The van der Waals surface area contributed by atoms with Gasteiger partial charge in [0, 0.05) is 12.0 Å². The van der Waals surface area contributed by atoms with Crippen LogP contribution in [0.15, 0.2) is 23.1 Å². The molecule has 1 aromatic rings. The highest BCUT2D eigenvalue weighted by molar-refractivity contribution is 7.92. The number of ether oxygens (including phenoxy) is 1. The lowest BCUT2D eigenvalue weighted by molar-refractivity contribution is -0.189. The van der Waals surface area contributed by atoms with E-state index in [2.05, 4.69) is 5.32 Å². The number of carbonyl (C=O) groups is 1. The van der Waals surface area contributed by atoms with Gasteiger partial charge in [-0.2, -0.15) is 18.4 Å². The van der Waals surface area contributed by atoms with Gasteiger partial charge in [-0.1, -0.05) is 11.6 Å². The lowest BCUT2D eigenvalue weighted by atomic mass is 10.1. The van der Waals surface area contributed by atoms with Gasteiger partial charge < -0.3 is 10.1 Å². The summed E-state index contributed by atoms with van der Waals surface area (Å²) in [5, 5.41) is 9.81. The van der Waals surface area contributed by atoms with Crippen LogP contribution in [0.3, 0.4) is 0 Å². The number of benzene rings is 1. The average Bonchev–Trinajstić information content (AvgIpc) is 3.09. The van der Waals surface area contributed by atoms with Crippen LogP contribution >= 0.6 is 11.6 Å². The van der Waals surface area contributed by atoms with Crippen LogP contribution in [0.5, 0.6) is 5.75 Å². The fourth-order valence-electron chi connectivity index (χ4n) is 2.97. The zero-order valence-corrected chi connectivity index (χ0v) is 16.4. The SMILES string of the molecule is C[C@H](Oc1ccc(S(=O)(=O)[C@@H]2CC[C@@H](C(=O)NCC#N)C2)c(Cl)c1)C(F)(F)F. The number of nitriles is 1. The third-order valence-corrected chi connectivity index (χ3v) is 7.22. The molecule has 28 heavy (non-hydrogen) atoms. The highest BCUT2D eigenvalue weighted by Gasteiger charge is 2.40. The molecular weight excluding hydrogens is 421 g/mol. The maximum Gasteiger partial charge on any atom is 0.425 e. The van der Waals surface area contributed by atoms with Gasteiger partial charge in [0.25, 0.3) is 0 Å². The van der Waals surface area contributed by atoms with E-state index in [1.165, 1.54) is 0 Å². The van der Waals surface area contributed by atoms with E-state index in [1.54, 1.807) is 6.07 Å². The van der Waals surface area contributed by atoms with Crippen LogP contribution in [0, 0.1) is 17.2 Å². The first-order chi connectivity index (χ1) is 13.0. The van der Waals surface area contributed by atoms with Gasteiger partial charge in [-0.25, -0.2) is 8.42 Å². The second-order valence-corrected chi connectivity index (χ2v) is 9.05. The molecule has 1 fully saturated rings. The van der Waals surface area contributed by atoms with Crippen molar-refractivity contribution in [3.63, 3.8) is 0 Å². The number of sulfone groups is 1. The molecule has 11 heteroatoms. The summed E-state index contributed by atoms with van der Waals surface area (Å²) in [6.45, 7) is 0.672. The Hall–Kier alpha value is -1.99. The molecule has 3 atom stereocenters. The third kappa shape index (κ3) is 5.08. The summed E-state index contributed by atoms with van der Waals surface area (Å²) in [6.07, 6.45) is -5.97. The molecule has 0 bridgehead atoms. The highest BCUT2D eigenvalue weighted by atomic mass is 35.5. The average molecular weight is 439 g/mol. The van der Waals surface area contributed by atoms with Gasteiger partial charge >= 0.3 is 6.18 Å². The molecule has 1 N–H and O–H groups in total. The quantitative estimate of drug-likeness (QED) is 0.688. The first-order valence-corrected chi connectivity index (χ1v) is 10.3. The summed E-state index contributed by atoms with van der Waals surface area (Å²) >= 11 is 6.00. The standard InChI is InChI=1S/C17H18ClF3N2O4S/c1-10(17(19,20)21)27-12-3-5-15(14(18)9-12)28(25,26)13-4-2-11(8-13)16(24)23-7-6-22/h3,5,9-11,13H,2,4,7-8H2,1H3,(H,23,24)/t10-,11+,13+/m0/s1. The molecule has 1 saturated carbocycles. The van der Waals surface area contributed by atoms with Crippen LogP contribution < -0.4 is 10.1 Å². The number of nitrogens with one attached hydrogen (secondary N) is 1. The van der Waals surface area contributed by atoms with Crippen LogP contribution in [0.2, 0.25) is 5.02 Å². The Morgan fingerprint density at radius 1 is 1.43 bits per heavy atom. The van der Waals surface area contributed by atoms with Gasteiger partial charge in [0.05, 0.1) is 21.2 Å². The van der Waals surface area contributed by atoms with Crippen LogP contribution in [0.4, 0.5) is 13.2 Å². The number of hydrogen-bond donors (Lipinski definition) is 1. The maximum atomic E-state index is 12.8. The van der Waals surface area contributed by atoms with Gasteiger partial charge in [0.2, 0.25) is 5.91 Å². The minimum absolute atomic E-state index is 0.0826. The monoisotopic (exact) mass is 438 g/mol. The van der Waals surface area contributed by atoms with Crippen LogP contribution in [0.25, 0.3) is 0 Å². The smallest absolute Gasteiger partial charge is 0.425 e. The number of halogens is 4. The largest absolute Gasteiger partial charge is 0.481 e. The van der Waals surface area contributed by atoms with Crippen molar-refractivity contribution in [3.8, 4) is 11.8 Å². The highest BCUT2D eigenvalue weighted by Crippen LogP contribution is 2.37. The zero-order valence-electron chi connectivity index (χ0n) is 14.8. The molecule has 0 aromatic heterocycles. The second-order valence-electron chi connectivity index (χ2n) is 6.45. The van der Waals surface area contributed by atoms with Crippen molar-refractivity contribution in [2.45, 2.75) is 48.6 Å². The molecule has 1 aromatic carbocycles. The van der Waals surface area contributed by atoms with E-state index in [4.69, 9.17) is 21.6 Å². The molecular formula is C17H18ClF3N2O4S. The van der Waals surface area contributed by atoms with Gasteiger partial charge in [0.1, 0.15) is 12.3 Å². The van der Waals surface area contributed by atoms with Gasteiger partial charge in [-0.3, -0.25) is 4.79 Å². The Balaban J connectivity index is 2.14. The van der Waals surface area contributed by atoms with Gasteiger partial charge in [-0.05, 0) is 38.3 Å². The van der Waals surface area contributed by atoms with Crippen molar-refractivity contribution in [2.75, 3.05) is 6.54 Å². The summed E-state index contributed by atoms with van der Waals surface area (Å²) in [5.74, 6) is -1.11. The number of alkyl halides is 3. The second kappa shape index (κ2) is 8.57. The molecule has 154 valence electrons. The van der Waals surface area contributed by atoms with E-state index in [0.717, 1.165) is 25.1 Å². The number of nitrogens with zero attached hydrogens (tertiary/aromatic N) is 1. The molecule has 1 aliphatic carbocycles. The molecule has 0 spiro atoms. The molecule has 0 radical (unpaired) electrons. The molecule has 2 rings (SSSR count). The Morgan fingerprint density at radius 2 is 2.11 bits per heavy atom. The number of rotatable bonds is 6. The molecule has 0 heterocycles. The first kappa shape index (κ1) is 22.3. The van der Waals surface area contributed by atoms with Crippen LogP contribution in [-0.4, -0.2) is 38.4 Å². The van der Waals surface area contributed by atoms with E-state index in [0.29, 0.717) is 6.42 Å². The predicted octanol–water partition coefficient (Wildman–Crippen LogP) is 3.25. The Labute approximate surface area is 165 Å². The number of hydrogen-bond acceptors (Lipinski definition) is 5. The predicted molar refractivity (Wildman–Crippen MR) is 94.5 cm³/mol. The lowest BCUT2D eigenvalue weighted by Crippen LogP contribution is -2.31. The molecule has 0 unspecified atom stereocenters. The fourth-order valence-corrected chi connectivity index (χ4v) is 5.34. The van der Waals surface area contributed by atoms with Crippen molar-refractivity contribution < 1.29 is 31.1 Å². The summed E-state index contributed by atoms with van der Waals surface area (Å²) in [6, 6.07) is 5.03. The summed E-state index contributed by atoms with van der Waals surface area (Å²) in [4.78, 5) is 11.7. The minimum Gasteiger partial charge on any atom is -0.481 e. The van der Waals surface area contributed by atoms with E-state index in [-0.39, 0.29) is 41.0 Å². The van der Waals surface area contributed by atoms with Gasteiger partial charge in [0.15, 0.2) is 15.9 Å². The van der Waals surface area contributed by atoms with Crippen molar-refractivity contribution in [3.05, 3.63) is 23.2 Å². The van der Waals surface area contributed by atoms with Crippen molar-refractivity contribution in [1.29, 1.82) is 5.26 Å². The van der Waals surface area contributed by atoms with Crippen LogP contribution in [0.1, 0.15) is 26.2 Å². The van der Waals surface area contributed by atoms with E-state index >= 15 is 0 Å².